The molecule has 0 aliphatic heterocycles. The average Bonchev–Trinajstić information content (AvgIpc) is 3.05. The molecular formula is C16H16N2O4S. The normalized spacial score (nSPS) is 10.5. The van der Waals surface area contributed by atoms with Gasteiger partial charge in [0.05, 0.1) is 10.4 Å². The van der Waals surface area contributed by atoms with Crippen LogP contribution in [0.2, 0.25) is 0 Å². The number of thiophene rings is 1. The number of ether oxygens (including phenoxy) is 1. The van der Waals surface area contributed by atoms with Crippen LogP contribution in [0.1, 0.15) is 32.8 Å². The molecule has 6 nitrogen and oxygen atoms in total. The largest absolute Gasteiger partial charge is 0.494 e. The summed E-state index contributed by atoms with van der Waals surface area (Å²) in [4.78, 5) is 25.4. The number of pyridine rings is 1. The Hall–Kier alpha value is -2.43. The molecule has 0 aliphatic carbocycles. The quantitative estimate of drug-likeness (QED) is 0.646. The molecule has 0 radical (unpaired) electrons. The van der Waals surface area contributed by atoms with Crippen LogP contribution in [0.15, 0.2) is 22.3 Å². The summed E-state index contributed by atoms with van der Waals surface area (Å²) in [5, 5.41) is 21.4. The second-order valence-electron chi connectivity index (χ2n) is 4.92. The molecular weight excluding hydrogens is 316 g/mol. The standard InChI is InChI=1S/C16H16N2O4S/c1-10-11(9-17)15(20)18(6-4-7-22-2)16(21)13(10)14(19)12-5-3-8-23-12/h3,5,8,21H,4,6-7H2,1-2H3. The predicted molar refractivity (Wildman–Crippen MR) is 86.1 cm³/mol. The number of nitriles is 1. The first-order valence-electron chi connectivity index (χ1n) is 6.96. The third-order valence-electron chi connectivity index (χ3n) is 3.50. The molecule has 0 spiro atoms. The van der Waals surface area contributed by atoms with E-state index in [0.29, 0.717) is 17.9 Å². The summed E-state index contributed by atoms with van der Waals surface area (Å²) in [7, 11) is 1.53. The Kier molecular flexibility index (Phi) is 5.32. The lowest BCUT2D eigenvalue weighted by molar-refractivity contribution is 0.103. The molecule has 120 valence electrons. The molecule has 2 rings (SSSR count). The SMILES string of the molecule is COCCCn1c(O)c(C(=O)c2cccs2)c(C)c(C#N)c1=O. The van der Waals surface area contributed by atoms with Crippen molar-refractivity contribution in [3.63, 3.8) is 0 Å². The molecule has 0 fully saturated rings. The monoisotopic (exact) mass is 332 g/mol. The van der Waals surface area contributed by atoms with Gasteiger partial charge in [0.1, 0.15) is 11.6 Å². The van der Waals surface area contributed by atoms with Gasteiger partial charge in [0.2, 0.25) is 11.7 Å². The van der Waals surface area contributed by atoms with Crippen molar-refractivity contribution in [3.8, 4) is 11.9 Å². The van der Waals surface area contributed by atoms with Crippen molar-refractivity contribution in [2.75, 3.05) is 13.7 Å². The maximum absolute atomic E-state index is 12.6. The molecule has 0 saturated carbocycles. The number of hydrogen-bond acceptors (Lipinski definition) is 6. The predicted octanol–water partition coefficient (Wildman–Crippen LogP) is 2.06. The van der Waals surface area contributed by atoms with Gasteiger partial charge in [-0.3, -0.25) is 14.2 Å². The summed E-state index contributed by atoms with van der Waals surface area (Å²) in [6, 6.07) is 5.20. The number of rotatable bonds is 6. The van der Waals surface area contributed by atoms with E-state index < -0.39 is 17.2 Å². The third kappa shape index (κ3) is 3.18. The molecule has 2 heterocycles. The van der Waals surface area contributed by atoms with Crippen molar-refractivity contribution in [1.29, 1.82) is 5.26 Å². The Bertz CT molecular complexity index is 816. The van der Waals surface area contributed by atoms with E-state index in [2.05, 4.69) is 0 Å². The summed E-state index contributed by atoms with van der Waals surface area (Å²) in [6.07, 6.45) is 0.477. The fourth-order valence-electron chi connectivity index (χ4n) is 2.33. The van der Waals surface area contributed by atoms with Crippen LogP contribution in [-0.2, 0) is 11.3 Å². The minimum absolute atomic E-state index is 0.000942. The number of methoxy groups -OCH3 is 1. The van der Waals surface area contributed by atoms with E-state index in [-0.39, 0.29) is 23.2 Å². The van der Waals surface area contributed by atoms with Crippen LogP contribution in [0.25, 0.3) is 0 Å². The lowest BCUT2D eigenvalue weighted by atomic mass is 10.0. The topological polar surface area (TPSA) is 92.3 Å². The summed E-state index contributed by atoms with van der Waals surface area (Å²) >= 11 is 1.24. The molecule has 2 aromatic heterocycles. The summed E-state index contributed by atoms with van der Waals surface area (Å²) in [5.41, 5.74) is -0.515. The van der Waals surface area contributed by atoms with Gasteiger partial charge in [-0.15, -0.1) is 11.3 Å². The van der Waals surface area contributed by atoms with E-state index in [1.54, 1.807) is 17.5 Å². The van der Waals surface area contributed by atoms with E-state index >= 15 is 0 Å². The van der Waals surface area contributed by atoms with Gasteiger partial charge in [0.25, 0.3) is 5.56 Å². The molecule has 0 unspecified atom stereocenters. The highest BCUT2D eigenvalue weighted by Gasteiger charge is 2.25. The van der Waals surface area contributed by atoms with Gasteiger partial charge in [0, 0.05) is 20.3 Å². The van der Waals surface area contributed by atoms with Gasteiger partial charge in [-0.2, -0.15) is 5.26 Å². The number of ketones is 1. The van der Waals surface area contributed by atoms with Gasteiger partial charge < -0.3 is 9.84 Å². The molecule has 0 atom stereocenters. The zero-order valence-electron chi connectivity index (χ0n) is 12.8. The zero-order valence-corrected chi connectivity index (χ0v) is 13.6. The highest BCUT2D eigenvalue weighted by Crippen LogP contribution is 2.26. The van der Waals surface area contributed by atoms with Crippen LogP contribution < -0.4 is 5.56 Å². The second kappa shape index (κ2) is 7.22. The first-order chi connectivity index (χ1) is 11.0. The van der Waals surface area contributed by atoms with E-state index in [9.17, 15) is 20.0 Å². The molecule has 0 bridgehead atoms. The van der Waals surface area contributed by atoms with E-state index in [0.717, 1.165) is 4.57 Å². The Morgan fingerprint density at radius 2 is 2.26 bits per heavy atom. The number of carbonyl (C=O) groups is 1. The maximum atomic E-state index is 12.6. The van der Waals surface area contributed by atoms with Crippen molar-refractivity contribution in [1.82, 2.24) is 4.57 Å². The Morgan fingerprint density at radius 1 is 1.52 bits per heavy atom. The van der Waals surface area contributed by atoms with Crippen molar-refractivity contribution < 1.29 is 14.6 Å². The Balaban J connectivity index is 2.62. The molecule has 7 heteroatoms. The van der Waals surface area contributed by atoms with Crippen molar-refractivity contribution in [2.45, 2.75) is 19.9 Å². The molecule has 0 amide bonds. The lowest BCUT2D eigenvalue weighted by Crippen LogP contribution is -2.27. The number of carbonyl (C=O) groups excluding carboxylic acids is 1. The van der Waals surface area contributed by atoms with Crippen LogP contribution in [0, 0.1) is 18.3 Å². The molecule has 1 N–H and O–H groups in total. The number of nitrogens with zero attached hydrogens (tertiary/aromatic N) is 2. The second-order valence-corrected chi connectivity index (χ2v) is 5.87. The van der Waals surface area contributed by atoms with Crippen molar-refractivity contribution in [3.05, 3.63) is 49.4 Å². The zero-order chi connectivity index (χ0) is 17.0. The summed E-state index contributed by atoms with van der Waals surface area (Å²) < 4.78 is 5.99. The van der Waals surface area contributed by atoms with Crippen molar-refractivity contribution >= 4 is 17.1 Å². The van der Waals surface area contributed by atoms with Crippen LogP contribution >= 0.6 is 11.3 Å². The van der Waals surface area contributed by atoms with Gasteiger partial charge in [-0.1, -0.05) is 6.07 Å². The first kappa shape index (κ1) is 16.9. The smallest absolute Gasteiger partial charge is 0.271 e. The number of aromatic hydroxyl groups is 1. The minimum atomic E-state index is -0.596. The molecule has 0 aliphatic rings. The Labute approximate surface area is 137 Å². The van der Waals surface area contributed by atoms with Gasteiger partial charge >= 0.3 is 0 Å². The highest BCUT2D eigenvalue weighted by atomic mass is 32.1. The van der Waals surface area contributed by atoms with E-state index in [4.69, 9.17) is 4.74 Å². The molecule has 2 aromatic rings. The van der Waals surface area contributed by atoms with Crippen molar-refractivity contribution in [2.24, 2.45) is 0 Å². The third-order valence-corrected chi connectivity index (χ3v) is 4.37. The maximum Gasteiger partial charge on any atom is 0.271 e. The molecule has 23 heavy (non-hydrogen) atoms. The summed E-state index contributed by atoms with van der Waals surface area (Å²) in [5.74, 6) is -0.798. The van der Waals surface area contributed by atoms with Gasteiger partial charge in [0.15, 0.2) is 0 Å². The van der Waals surface area contributed by atoms with Gasteiger partial charge in [-0.25, -0.2) is 0 Å². The number of aromatic nitrogens is 1. The lowest BCUT2D eigenvalue weighted by Gasteiger charge is -2.15. The number of hydrogen-bond donors (Lipinski definition) is 1. The first-order valence-corrected chi connectivity index (χ1v) is 7.84. The van der Waals surface area contributed by atoms with E-state index in [1.807, 2.05) is 6.07 Å². The van der Waals surface area contributed by atoms with Crippen LogP contribution in [0.5, 0.6) is 5.88 Å². The minimum Gasteiger partial charge on any atom is -0.494 e. The van der Waals surface area contributed by atoms with Crippen LogP contribution in [0.3, 0.4) is 0 Å². The summed E-state index contributed by atoms with van der Waals surface area (Å²) in [6.45, 7) is 2.06. The Morgan fingerprint density at radius 3 is 2.83 bits per heavy atom. The van der Waals surface area contributed by atoms with E-state index in [1.165, 1.54) is 25.4 Å². The fourth-order valence-corrected chi connectivity index (χ4v) is 3.00. The van der Waals surface area contributed by atoms with Crippen LogP contribution in [-0.4, -0.2) is 29.2 Å². The average molecular weight is 332 g/mol. The highest BCUT2D eigenvalue weighted by molar-refractivity contribution is 7.12. The van der Waals surface area contributed by atoms with Crippen LogP contribution in [0.4, 0.5) is 0 Å². The molecule has 0 saturated heterocycles. The fraction of sp³-hybridized carbons (Fsp3) is 0.312. The van der Waals surface area contributed by atoms with Gasteiger partial charge in [-0.05, 0) is 30.4 Å². The molecule has 0 aromatic carbocycles.